The number of hydrogen-bond donors (Lipinski definition) is 2. The normalized spacial score (nSPS) is 20.1. The van der Waals surface area contributed by atoms with Gasteiger partial charge < -0.3 is 10.3 Å². The molecule has 1 amide bonds. The van der Waals surface area contributed by atoms with E-state index >= 15 is 0 Å². The van der Waals surface area contributed by atoms with Crippen LogP contribution in [-0.2, 0) is 13.0 Å². The average molecular weight is 365 g/mol. The summed E-state index contributed by atoms with van der Waals surface area (Å²) in [5.74, 6) is -0.289. The predicted octanol–water partition coefficient (Wildman–Crippen LogP) is 3.17. The number of amides is 1. The van der Waals surface area contributed by atoms with Crippen molar-refractivity contribution in [2.45, 2.75) is 51.1 Å². The van der Waals surface area contributed by atoms with E-state index in [0.717, 1.165) is 44.6 Å². The Kier molecular flexibility index (Phi) is 5.39. The van der Waals surface area contributed by atoms with Crippen molar-refractivity contribution in [1.82, 2.24) is 15.2 Å². The number of aromatic amines is 1. The fourth-order valence-electron chi connectivity index (χ4n) is 4.28. The zero-order valence-electron chi connectivity index (χ0n) is 15.7. The van der Waals surface area contributed by atoms with Gasteiger partial charge in [0, 0.05) is 12.2 Å². The molecule has 0 bridgehead atoms. The number of fused-ring (bicyclic) bond motifs is 1. The molecule has 0 spiro atoms. The van der Waals surface area contributed by atoms with Crippen molar-refractivity contribution in [2.75, 3.05) is 13.1 Å². The van der Waals surface area contributed by atoms with Gasteiger partial charge in [-0.05, 0) is 68.5 Å². The Labute approximate surface area is 159 Å². The van der Waals surface area contributed by atoms with Crippen LogP contribution in [0.3, 0.4) is 0 Å². The Morgan fingerprint density at radius 2 is 1.89 bits per heavy atom. The van der Waals surface area contributed by atoms with E-state index in [2.05, 4.69) is 27.3 Å². The fourth-order valence-corrected chi connectivity index (χ4v) is 4.28. The zero-order chi connectivity index (χ0) is 18.6. The minimum atomic E-state index is -0.300. The highest BCUT2D eigenvalue weighted by Gasteiger charge is 2.23. The molecule has 27 heavy (non-hydrogen) atoms. The number of piperidine rings is 1. The largest absolute Gasteiger partial charge is 0.345 e. The number of pyridine rings is 1. The third kappa shape index (κ3) is 4.14. The summed E-state index contributed by atoms with van der Waals surface area (Å²) in [6.07, 6.45) is 6.73. The second-order valence-corrected chi connectivity index (χ2v) is 7.68. The topological polar surface area (TPSA) is 65.2 Å². The molecule has 1 fully saturated rings. The number of H-pyrrole nitrogens is 1. The number of benzene rings is 1. The first-order valence-electron chi connectivity index (χ1n) is 10.0. The molecule has 1 atom stereocenters. The lowest BCUT2D eigenvalue weighted by molar-refractivity contribution is 0.0931. The summed E-state index contributed by atoms with van der Waals surface area (Å²) < 4.78 is 0. The molecule has 5 heteroatoms. The molecule has 5 nitrogen and oxygen atoms in total. The molecule has 1 aliphatic carbocycles. The molecular formula is C22H27N3O2. The van der Waals surface area contributed by atoms with Gasteiger partial charge in [-0.1, -0.05) is 30.7 Å². The summed E-state index contributed by atoms with van der Waals surface area (Å²) in [6, 6.07) is 11.8. The second-order valence-electron chi connectivity index (χ2n) is 7.68. The van der Waals surface area contributed by atoms with Crippen LogP contribution in [0, 0.1) is 0 Å². The van der Waals surface area contributed by atoms with Gasteiger partial charge in [-0.3, -0.25) is 14.5 Å². The van der Waals surface area contributed by atoms with Crippen LogP contribution in [0.15, 0.2) is 41.2 Å². The first kappa shape index (κ1) is 18.0. The fraction of sp³-hybridized carbons (Fsp3) is 0.455. The van der Waals surface area contributed by atoms with E-state index in [1.165, 1.54) is 30.4 Å². The highest BCUT2D eigenvalue weighted by molar-refractivity contribution is 5.94. The van der Waals surface area contributed by atoms with E-state index in [-0.39, 0.29) is 23.1 Å². The molecule has 4 rings (SSSR count). The number of hydrogen-bond acceptors (Lipinski definition) is 3. The molecular weight excluding hydrogens is 338 g/mol. The summed E-state index contributed by atoms with van der Waals surface area (Å²) in [6.45, 7) is 2.89. The van der Waals surface area contributed by atoms with E-state index in [9.17, 15) is 9.59 Å². The van der Waals surface area contributed by atoms with Crippen molar-refractivity contribution in [3.05, 3.63) is 69.1 Å². The molecule has 0 radical (unpaired) electrons. The minimum Gasteiger partial charge on any atom is -0.345 e. The number of nitrogens with zero attached hydrogens (tertiary/aromatic N) is 1. The Bertz CT molecular complexity index is 868. The van der Waals surface area contributed by atoms with Gasteiger partial charge in [0.15, 0.2) is 0 Å². The number of rotatable bonds is 4. The van der Waals surface area contributed by atoms with Crippen molar-refractivity contribution < 1.29 is 4.79 Å². The van der Waals surface area contributed by atoms with Gasteiger partial charge in [0.1, 0.15) is 5.56 Å². The molecule has 1 aromatic carbocycles. The first-order chi connectivity index (χ1) is 13.2. The molecule has 2 heterocycles. The van der Waals surface area contributed by atoms with Crippen LogP contribution in [0.2, 0.25) is 0 Å². The standard InChI is InChI=1S/C22H27N3O2/c26-21-19(12-11-17(23-21)15-25-13-4-1-5-14-25)22(27)24-20-10-6-8-16-7-2-3-9-18(16)20/h2-3,7,9,11-12,20H,1,4-6,8,10,13-15H2,(H,23,26)(H,24,27). The van der Waals surface area contributed by atoms with E-state index in [4.69, 9.17) is 0 Å². The number of aryl methyl sites for hydroxylation is 1. The van der Waals surface area contributed by atoms with Crippen molar-refractivity contribution in [3.63, 3.8) is 0 Å². The SMILES string of the molecule is O=C(NC1CCCc2ccccc21)c1ccc(CN2CCCCC2)[nH]c1=O. The zero-order valence-corrected chi connectivity index (χ0v) is 15.7. The lowest BCUT2D eigenvalue weighted by Crippen LogP contribution is -2.35. The van der Waals surface area contributed by atoms with Crippen molar-refractivity contribution >= 4 is 5.91 Å². The molecule has 2 aromatic rings. The van der Waals surface area contributed by atoms with Crippen LogP contribution in [0.1, 0.15) is 65.3 Å². The van der Waals surface area contributed by atoms with Gasteiger partial charge in [-0.25, -0.2) is 0 Å². The lowest BCUT2D eigenvalue weighted by Gasteiger charge is -2.26. The van der Waals surface area contributed by atoms with Crippen LogP contribution in [0.5, 0.6) is 0 Å². The molecule has 1 saturated heterocycles. The number of aromatic nitrogens is 1. The quantitative estimate of drug-likeness (QED) is 0.875. The molecule has 2 aliphatic rings. The first-order valence-corrected chi connectivity index (χ1v) is 10.0. The maximum absolute atomic E-state index is 12.7. The third-order valence-electron chi connectivity index (χ3n) is 5.73. The Hall–Kier alpha value is -2.40. The summed E-state index contributed by atoms with van der Waals surface area (Å²) in [5.41, 5.74) is 3.24. The minimum absolute atomic E-state index is 0.0186. The monoisotopic (exact) mass is 365 g/mol. The summed E-state index contributed by atoms with van der Waals surface area (Å²) in [5, 5.41) is 3.06. The van der Waals surface area contributed by atoms with Crippen LogP contribution in [0.25, 0.3) is 0 Å². The maximum Gasteiger partial charge on any atom is 0.261 e. The Morgan fingerprint density at radius 3 is 2.70 bits per heavy atom. The number of likely N-dealkylation sites (tertiary alicyclic amines) is 1. The Morgan fingerprint density at radius 1 is 1.07 bits per heavy atom. The second kappa shape index (κ2) is 8.09. The van der Waals surface area contributed by atoms with Crippen LogP contribution in [-0.4, -0.2) is 28.9 Å². The highest BCUT2D eigenvalue weighted by Crippen LogP contribution is 2.29. The predicted molar refractivity (Wildman–Crippen MR) is 106 cm³/mol. The molecule has 1 aromatic heterocycles. The van der Waals surface area contributed by atoms with Gasteiger partial charge in [0.25, 0.3) is 11.5 Å². The van der Waals surface area contributed by atoms with Gasteiger partial charge in [0.05, 0.1) is 6.04 Å². The van der Waals surface area contributed by atoms with E-state index in [0.29, 0.717) is 0 Å². The average Bonchev–Trinajstić information content (AvgIpc) is 2.69. The number of carbonyl (C=O) groups excluding carboxylic acids is 1. The number of nitrogens with one attached hydrogen (secondary N) is 2. The Balaban J connectivity index is 1.45. The summed E-state index contributed by atoms with van der Waals surface area (Å²) in [7, 11) is 0. The van der Waals surface area contributed by atoms with Crippen LogP contribution in [0.4, 0.5) is 0 Å². The van der Waals surface area contributed by atoms with Gasteiger partial charge in [0.2, 0.25) is 0 Å². The van der Waals surface area contributed by atoms with Gasteiger partial charge in [-0.15, -0.1) is 0 Å². The van der Waals surface area contributed by atoms with E-state index in [1.807, 2.05) is 18.2 Å². The molecule has 1 aliphatic heterocycles. The maximum atomic E-state index is 12.7. The molecule has 2 N–H and O–H groups in total. The van der Waals surface area contributed by atoms with E-state index < -0.39 is 0 Å². The van der Waals surface area contributed by atoms with E-state index in [1.54, 1.807) is 6.07 Å². The van der Waals surface area contributed by atoms with Crippen molar-refractivity contribution in [1.29, 1.82) is 0 Å². The molecule has 0 saturated carbocycles. The summed E-state index contributed by atoms with van der Waals surface area (Å²) >= 11 is 0. The smallest absolute Gasteiger partial charge is 0.261 e. The van der Waals surface area contributed by atoms with Gasteiger partial charge in [-0.2, -0.15) is 0 Å². The van der Waals surface area contributed by atoms with Crippen molar-refractivity contribution in [3.8, 4) is 0 Å². The van der Waals surface area contributed by atoms with Crippen molar-refractivity contribution in [2.24, 2.45) is 0 Å². The summed E-state index contributed by atoms with van der Waals surface area (Å²) in [4.78, 5) is 30.4. The lowest BCUT2D eigenvalue weighted by atomic mass is 9.87. The van der Waals surface area contributed by atoms with Crippen LogP contribution < -0.4 is 10.9 Å². The third-order valence-corrected chi connectivity index (χ3v) is 5.73. The molecule has 1 unspecified atom stereocenters. The van der Waals surface area contributed by atoms with Crippen LogP contribution >= 0.6 is 0 Å². The highest BCUT2D eigenvalue weighted by atomic mass is 16.2. The van der Waals surface area contributed by atoms with Gasteiger partial charge >= 0.3 is 0 Å². The number of carbonyl (C=O) groups is 1. The molecule has 142 valence electrons.